The highest BCUT2D eigenvalue weighted by molar-refractivity contribution is 5.80. The van der Waals surface area contributed by atoms with Crippen molar-refractivity contribution in [3.63, 3.8) is 0 Å². The molecule has 4 nitrogen and oxygen atoms in total. The van der Waals surface area contributed by atoms with Crippen molar-refractivity contribution in [3.8, 4) is 11.4 Å². The summed E-state index contributed by atoms with van der Waals surface area (Å²) in [7, 11) is 0. The predicted molar refractivity (Wildman–Crippen MR) is 64.3 cm³/mol. The van der Waals surface area contributed by atoms with Crippen LogP contribution in [0.3, 0.4) is 0 Å². The Balaban J connectivity index is 2.14. The van der Waals surface area contributed by atoms with Gasteiger partial charge >= 0.3 is 0 Å². The molecule has 1 aromatic heterocycles. The summed E-state index contributed by atoms with van der Waals surface area (Å²) in [4.78, 5) is 11.1. The third kappa shape index (κ3) is 2.72. The van der Waals surface area contributed by atoms with Gasteiger partial charge in [0.15, 0.2) is 17.6 Å². The van der Waals surface area contributed by atoms with Crippen LogP contribution in [-0.2, 0) is 4.79 Å². The molecule has 0 fully saturated rings. The van der Waals surface area contributed by atoms with E-state index in [0.717, 1.165) is 5.69 Å². The number of carbonyl (C=O) groups excluding carboxylic acids is 1. The SMILES string of the molecule is CC(=O)C(C)Oc1cnn(-c2ccccc2)c1. The Labute approximate surface area is 99.8 Å². The van der Waals surface area contributed by atoms with Crippen LogP contribution in [0.5, 0.6) is 5.75 Å². The summed E-state index contributed by atoms with van der Waals surface area (Å²) in [6, 6.07) is 9.73. The molecule has 0 radical (unpaired) electrons. The maximum absolute atomic E-state index is 11.1. The molecular weight excluding hydrogens is 216 g/mol. The normalized spacial score (nSPS) is 12.1. The molecule has 4 heteroatoms. The molecule has 0 N–H and O–H groups in total. The Hall–Kier alpha value is -2.10. The topological polar surface area (TPSA) is 44.1 Å². The van der Waals surface area contributed by atoms with E-state index in [-0.39, 0.29) is 5.78 Å². The van der Waals surface area contributed by atoms with E-state index in [1.807, 2.05) is 30.3 Å². The van der Waals surface area contributed by atoms with Gasteiger partial charge in [0, 0.05) is 0 Å². The van der Waals surface area contributed by atoms with E-state index in [4.69, 9.17) is 4.74 Å². The average Bonchev–Trinajstić information content (AvgIpc) is 2.78. The number of carbonyl (C=O) groups is 1. The van der Waals surface area contributed by atoms with Gasteiger partial charge in [-0.3, -0.25) is 4.79 Å². The lowest BCUT2D eigenvalue weighted by Crippen LogP contribution is -2.20. The van der Waals surface area contributed by atoms with Crippen molar-refractivity contribution >= 4 is 5.78 Å². The van der Waals surface area contributed by atoms with E-state index in [0.29, 0.717) is 5.75 Å². The van der Waals surface area contributed by atoms with Crippen molar-refractivity contribution in [2.75, 3.05) is 0 Å². The quantitative estimate of drug-likeness (QED) is 0.809. The second-order valence-electron chi connectivity index (χ2n) is 3.83. The molecule has 88 valence electrons. The number of nitrogens with zero attached hydrogens (tertiary/aromatic N) is 2. The van der Waals surface area contributed by atoms with Crippen molar-refractivity contribution in [3.05, 3.63) is 42.7 Å². The molecule has 0 aliphatic carbocycles. The number of benzene rings is 1. The number of ketones is 1. The molecule has 0 bridgehead atoms. The Kier molecular flexibility index (Phi) is 3.23. The van der Waals surface area contributed by atoms with Gasteiger partial charge in [-0.05, 0) is 26.0 Å². The van der Waals surface area contributed by atoms with Crippen LogP contribution in [0.25, 0.3) is 5.69 Å². The second-order valence-corrected chi connectivity index (χ2v) is 3.83. The molecule has 0 aliphatic heterocycles. The summed E-state index contributed by atoms with van der Waals surface area (Å²) in [6.45, 7) is 3.23. The summed E-state index contributed by atoms with van der Waals surface area (Å²) < 4.78 is 7.16. The Bertz CT molecular complexity index is 505. The first-order chi connectivity index (χ1) is 8.16. The third-order valence-corrected chi connectivity index (χ3v) is 2.46. The van der Waals surface area contributed by atoms with Gasteiger partial charge in [0.2, 0.25) is 0 Å². The molecule has 0 saturated carbocycles. The molecule has 0 spiro atoms. The molecule has 17 heavy (non-hydrogen) atoms. The van der Waals surface area contributed by atoms with Crippen LogP contribution in [0.15, 0.2) is 42.7 Å². The number of aromatic nitrogens is 2. The van der Waals surface area contributed by atoms with Gasteiger partial charge in [-0.25, -0.2) is 4.68 Å². The van der Waals surface area contributed by atoms with Gasteiger partial charge in [0.05, 0.1) is 18.1 Å². The van der Waals surface area contributed by atoms with Crippen LogP contribution in [0.2, 0.25) is 0 Å². The number of hydrogen-bond acceptors (Lipinski definition) is 3. The van der Waals surface area contributed by atoms with Crippen LogP contribution < -0.4 is 4.74 Å². The highest BCUT2D eigenvalue weighted by Crippen LogP contribution is 2.14. The summed E-state index contributed by atoms with van der Waals surface area (Å²) in [5.74, 6) is 0.592. The van der Waals surface area contributed by atoms with Gasteiger partial charge in [-0.15, -0.1) is 0 Å². The lowest BCUT2D eigenvalue weighted by atomic mass is 10.3. The molecule has 0 aliphatic rings. The first-order valence-corrected chi connectivity index (χ1v) is 5.44. The first-order valence-electron chi connectivity index (χ1n) is 5.44. The fraction of sp³-hybridized carbons (Fsp3) is 0.231. The van der Waals surface area contributed by atoms with Crippen LogP contribution >= 0.6 is 0 Å². The summed E-state index contributed by atoms with van der Waals surface area (Å²) in [6.07, 6.45) is 2.92. The molecule has 0 amide bonds. The van der Waals surface area contributed by atoms with E-state index in [9.17, 15) is 4.79 Å². The second kappa shape index (κ2) is 4.82. The van der Waals surface area contributed by atoms with E-state index >= 15 is 0 Å². The Morgan fingerprint density at radius 2 is 2.06 bits per heavy atom. The van der Waals surface area contributed by atoms with Crippen molar-refractivity contribution < 1.29 is 9.53 Å². The minimum absolute atomic E-state index is 0.00235. The number of Topliss-reactive ketones (excluding diaryl/α,β-unsaturated/α-hetero) is 1. The van der Waals surface area contributed by atoms with Crippen LogP contribution in [0.4, 0.5) is 0 Å². The molecule has 1 aromatic carbocycles. The highest BCUT2D eigenvalue weighted by Gasteiger charge is 2.10. The lowest BCUT2D eigenvalue weighted by Gasteiger charge is -2.08. The van der Waals surface area contributed by atoms with Crippen LogP contribution in [-0.4, -0.2) is 21.7 Å². The number of ether oxygens (including phenoxy) is 1. The van der Waals surface area contributed by atoms with Crippen molar-refractivity contribution in [1.29, 1.82) is 0 Å². The smallest absolute Gasteiger partial charge is 0.169 e. The van der Waals surface area contributed by atoms with E-state index in [1.54, 1.807) is 24.0 Å². The lowest BCUT2D eigenvalue weighted by molar-refractivity contribution is -0.122. The standard InChI is InChI=1S/C13H14N2O2/c1-10(16)11(2)17-13-8-14-15(9-13)12-6-4-3-5-7-12/h3-9,11H,1-2H3. The molecule has 1 unspecified atom stereocenters. The van der Waals surface area contributed by atoms with Gasteiger partial charge in [0.25, 0.3) is 0 Å². The number of para-hydroxylation sites is 1. The number of hydrogen-bond donors (Lipinski definition) is 0. The van der Waals surface area contributed by atoms with Gasteiger partial charge in [0.1, 0.15) is 0 Å². The average molecular weight is 230 g/mol. The molecule has 0 saturated heterocycles. The summed E-state index contributed by atoms with van der Waals surface area (Å²) in [5, 5.41) is 4.18. The van der Waals surface area contributed by atoms with Crippen molar-refractivity contribution in [2.24, 2.45) is 0 Å². The maximum atomic E-state index is 11.1. The fourth-order valence-electron chi connectivity index (χ4n) is 1.38. The van der Waals surface area contributed by atoms with Crippen molar-refractivity contribution in [2.45, 2.75) is 20.0 Å². The molecule has 2 aromatic rings. The molecular formula is C13H14N2O2. The van der Waals surface area contributed by atoms with Gasteiger partial charge in [-0.2, -0.15) is 5.10 Å². The zero-order chi connectivity index (χ0) is 12.3. The summed E-state index contributed by atoms with van der Waals surface area (Å²) >= 11 is 0. The largest absolute Gasteiger partial charge is 0.480 e. The fourth-order valence-corrected chi connectivity index (χ4v) is 1.38. The molecule has 2 rings (SSSR count). The zero-order valence-electron chi connectivity index (χ0n) is 9.83. The van der Waals surface area contributed by atoms with Crippen molar-refractivity contribution in [1.82, 2.24) is 9.78 Å². The highest BCUT2D eigenvalue weighted by atomic mass is 16.5. The first kappa shape index (κ1) is 11.4. The molecule has 1 heterocycles. The Morgan fingerprint density at radius 3 is 2.71 bits per heavy atom. The third-order valence-electron chi connectivity index (χ3n) is 2.46. The zero-order valence-corrected chi connectivity index (χ0v) is 9.83. The maximum Gasteiger partial charge on any atom is 0.169 e. The van der Waals surface area contributed by atoms with E-state index in [2.05, 4.69) is 5.10 Å². The Morgan fingerprint density at radius 1 is 1.35 bits per heavy atom. The van der Waals surface area contributed by atoms with Crippen LogP contribution in [0, 0.1) is 0 Å². The van der Waals surface area contributed by atoms with E-state index < -0.39 is 6.10 Å². The number of rotatable bonds is 4. The minimum atomic E-state index is -0.441. The predicted octanol–water partition coefficient (Wildman–Crippen LogP) is 2.23. The van der Waals surface area contributed by atoms with E-state index in [1.165, 1.54) is 6.92 Å². The van der Waals surface area contributed by atoms with Gasteiger partial charge in [-0.1, -0.05) is 18.2 Å². The van der Waals surface area contributed by atoms with Gasteiger partial charge < -0.3 is 4.74 Å². The minimum Gasteiger partial charge on any atom is -0.480 e. The monoisotopic (exact) mass is 230 g/mol. The summed E-state index contributed by atoms with van der Waals surface area (Å²) in [5.41, 5.74) is 0.956. The molecule has 1 atom stereocenters. The van der Waals surface area contributed by atoms with Crippen LogP contribution in [0.1, 0.15) is 13.8 Å².